The Hall–Kier alpha value is -0.740. The van der Waals surface area contributed by atoms with Crippen LogP contribution in [0, 0.1) is 11.8 Å². The van der Waals surface area contributed by atoms with Gasteiger partial charge in [-0.25, -0.2) is 0 Å². The molecule has 2 rings (SSSR count). The van der Waals surface area contributed by atoms with Gasteiger partial charge in [0.2, 0.25) is 0 Å². The van der Waals surface area contributed by atoms with Crippen LogP contribution in [-0.4, -0.2) is 31.2 Å². The number of aliphatic imine (C=N–C) groups is 2. The van der Waals surface area contributed by atoms with Crippen molar-refractivity contribution >= 4 is 11.4 Å². The average Bonchev–Trinajstić information content (AvgIpc) is 2.62. The highest BCUT2D eigenvalue weighted by Gasteiger charge is 2.28. The Morgan fingerprint density at radius 2 is 1.22 bits per heavy atom. The second kappa shape index (κ2) is 10.9. The van der Waals surface area contributed by atoms with E-state index < -0.39 is 0 Å². The van der Waals surface area contributed by atoms with Crippen LogP contribution in [0.1, 0.15) is 77.0 Å². The standard InChI is InChI=1S/C19H36N4/c20-13-7-8-14-22-18(16-9-3-1-4-10-16)19(23-15-21)17-11-5-2-6-12-17/h16-17H,1-15,20-21H2. The molecule has 0 heterocycles. The van der Waals surface area contributed by atoms with Gasteiger partial charge in [-0.15, -0.1) is 0 Å². The summed E-state index contributed by atoms with van der Waals surface area (Å²) in [4.78, 5) is 9.82. The molecule has 0 saturated heterocycles. The molecule has 2 saturated carbocycles. The Morgan fingerprint density at radius 1 is 0.696 bits per heavy atom. The van der Waals surface area contributed by atoms with Gasteiger partial charge in [-0.05, 0) is 45.1 Å². The molecule has 0 aliphatic heterocycles. The van der Waals surface area contributed by atoms with Crippen molar-refractivity contribution in [3.8, 4) is 0 Å². The van der Waals surface area contributed by atoms with Crippen LogP contribution in [-0.2, 0) is 0 Å². The lowest BCUT2D eigenvalue weighted by molar-refractivity contribution is 0.427. The minimum absolute atomic E-state index is 0.403. The highest BCUT2D eigenvalue weighted by Crippen LogP contribution is 2.31. The van der Waals surface area contributed by atoms with E-state index in [4.69, 9.17) is 21.5 Å². The van der Waals surface area contributed by atoms with Gasteiger partial charge in [0.15, 0.2) is 0 Å². The fourth-order valence-corrected chi connectivity index (χ4v) is 4.14. The minimum atomic E-state index is 0.403. The van der Waals surface area contributed by atoms with Gasteiger partial charge in [-0.1, -0.05) is 38.5 Å². The van der Waals surface area contributed by atoms with Gasteiger partial charge in [-0.3, -0.25) is 9.98 Å². The zero-order valence-electron chi connectivity index (χ0n) is 14.8. The monoisotopic (exact) mass is 320 g/mol. The third-order valence-corrected chi connectivity index (χ3v) is 5.40. The molecule has 132 valence electrons. The fraction of sp³-hybridized carbons (Fsp3) is 0.895. The maximum atomic E-state index is 5.82. The first kappa shape index (κ1) is 18.6. The topological polar surface area (TPSA) is 76.8 Å². The molecule has 0 radical (unpaired) electrons. The van der Waals surface area contributed by atoms with Gasteiger partial charge in [0.25, 0.3) is 0 Å². The molecule has 0 aromatic heterocycles. The molecule has 4 heteroatoms. The Morgan fingerprint density at radius 3 is 1.70 bits per heavy atom. The number of nitrogens with zero attached hydrogens (tertiary/aromatic N) is 2. The molecular weight excluding hydrogens is 284 g/mol. The second-order valence-electron chi connectivity index (χ2n) is 7.16. The van der Waals surface area contributed by atoms with Crippen molar-refractivity contribution in [1.29, 1.82) is 0 Å². The lowest BCUT2D eigenvalue weighted by Crippen LogP contribution is -2.33. The summed E-state index contributed by atoms with van der Waals surface area (Å²) in [6.45, 7) is 2.07. The molecule has 2 aliphatic rings. The van der Waals surface area contributed by atoms with Crippen LogP contribution in [0.25, 0.3) is 0 Å². The molecule has 0 spiro atoms. The summed E-state index contributed by atoms with van der Waals surface area (Å²) in [5.41, 5.74) is 14.0. The van der Waals surface area contributed by atoms with E-state index in [-0.39, 0.29) is 0 Å². The summed E-state index contributed by atoms with van der Waals surface area (Å²) in [6, 6.07) is 0. The normalized spacial score (nSPS) is 22.5. The minimum Gasteiger partial charge on any atom is -0.330 e. The summed E-state index contributed by atoms with van der Waals surface area (Å²) in [6.07, 6.45) is 15.4. The molecule has 0 bridgehead atoms. The van der Waals surface area contributed by atoms with E-state index in [1.165, 1.54) is 75.6 Å². The molecule has 0 unspecified atom stereocenters. The van der Waals surface area contributed by atoms with E-state index in [1.54, 1.807) is 0 Å². The van der Waals surface area contributed by atoms with Crippen LogP contribution in [0.5, 0.6) is 0 Å². The molecule has 0 aromatic carbocycles. The second-order valence-corrected chi connectivity index (χ2v) is 7.16. The molecule has 4 nitrogen and oxygen atoms in total. The van der Waals surface area contributed by atoms with Crippen LogP contribution >= 0.6 is 0 Å². The predicted octanol–water partition coefficient (Wildman–Crippen LogP) is 3.68. The van der Waals surface area contributed by atoms with Gasteiger partial charge in [0.05, 0.1) is 18.1 Å². The number of nitrogens with two attached hydrogens (primary N) is 2. The van der Waals surface area contributed by atoms with Gasteiger partial charge < -0.3 is 11.5 Å². The molecule has 0 aromatic rings. The summed E-state index contributed by atoms with van der Waals surface area (Å²) in [7, 11) is 0. The van der Waals surface area contributed by atoms with E-state index in [0.29, 0.717) is 18.5 Å². The maximum absolute atomic E-state index is 5.82. The molecule has 23 heavy (non-hydrogen) atoms. The number of unbranched alkanes of at least 4 members (excludes halogenated alkanes) is 1. The highest BCUT2D eigenvalue weighted by molar-refractivity contribution is 6.43. The summed E-state index contributed by atoms with van der Waals surface area (Å²) in [5, 5.41) is 0. The van der Waals surface area contributed by atoms with E-state index >= 15 is 0 Å². The Balaban J connectivity index is 2.14. The predicted molar refractivity (Wildman–Crippen MR) is 100 cm³/mol. The molecule has 0 atom stereocenters. The van der Waals surface area contributed by atoms with Gasteiger partial charge in [0.1, 0.15) is 0 Å². The van der Waals surface area contributed by atoms with Gasteiger partial charge >= 0.3 is 0 Å². The first-order valence-corrected chi connectivity index (χ1v) is 9.86. The molecule has 2 fully saturated rings. The van der Waals surface area contributed by atoms with E-state index in [0.717, 1.165) is 25.9 Å². The molecule has 2 aliphatic carbocycles. The van der Waals surface area contributed by atoms with Crippen molar-refractivity contribution in [2.75, 3.05) is 19.8 Å². The molecule has 0 amide bonds. The van der Waals surface area contributed by atoms with Crippen LogP contribution in [0.2, 0.25) is 0 Å². The highest BCUT2D eigenvalue weighted by atomic mass is 14.9. The van der Waals surface area contributed by atoms with Crippen molar-refractivity contribution in [3.05, 3.63) is 0 Å². The molecular formula is C19H36N4. The Kier molecular flexibility index (Phi) is 8.83. The Labute approximate surface area is 142 Å². The third kappa shape index (κ3) is 6.00. The van der Waals surface area contributed by atoms with Crippen LogP contribution in [0.4, 0.5) is 0 Å². The van der Waals surface area contributed by atoms with Crippen molar-refractivity contribution in [2.45, 2.75) is 77.0 Å². The first-order chi connectivity index (χ1) is 11.4. The summed E-state index contributed by atoms with van der Waals surface area (Å²) in [5.74, 6) is 1.22. The lowest BCUT2D eigenvalue weighted by atomic mass is 9.77. The summed E-state index contributed by atoms with van der Waals surface area (Å²) < 4.78 is 0. The largest absolute Gasteiger partial charge is 0.330 e. The van der Waals surface area contributed by atoms with Crippen LogP contribution in [0.3, 0.4) is 0 Å². The number of hydrogen-bond donors (Lipinski definition) is 2. The van der Waals surface area contributed by atoms with Crippen LogP contribution < -0.4 is 11.5 Å². The smallest absolute Gasteiger partial charge is 0.0863 e. The Bertz CT molecular complexity index is 377. The van der Waals surface area contributed by atoms with Crippen molar-refractivity contribution in [3.63, 3.8) is 0 Å². The number of hydrogen-bond acceptors (Lipinski definition) is 4. The van der Waals surface area contributed by atoms with Crippen LogP contribution in [0.15, 0.2) is 9.98 Å². The van der Waals surface area contributed by atoms with Crippen molar-refractivity contribution < 1.29 is 0 Å². The number of rotatable bonds is 8. The summed E-state index contributed by atoms with van der Waals surface area (Å²) >= 11 is 0. The van der Waals surface area contributed by atoms with E-state index in [1.807, 2.05) is 0 Å². The van der Waals surface area contributed by atoms with Gasteiger partial charge in [0, 0.05) is 18.4 Å². The SMILES string of the molecule is NCCCCN=C(C(=NCN)C1CCCCC1)C1CCCCC1. The third-order valence-electron chi connectivity index (χ3n) is 5.40. The lowest BCUT2D eigenvalue weighted by Gasteiger charge is -2.30. The van der Waals surface area contributed by atoms with E-state index in [9.17, 15) is 0 Å². The maximum Gasteiger partial charge on any atom is 0.0863 e. The fourth-order valence-electron chi connectivity index (χ4n) is 4.14. The zero-order chi connectivity index (χ0) is 16.3. The van der Waals surface area contributed by atoms with Crippen molar-refractivity contribution in [2.24, 2.45) is 33.3 Å². The van der Waals surface area contributed by atoms with Crippen molar-refractivity contribution in [1.82, 2.24) is 0 Å². The first-order valence-electron chi connectivity index (χ1n) is 9.86. The molecule has 4 N–H and O–H groups in total. The zero-order valence-corrected chi connectivity index (χ0v) is 14.8. The van der Waals surface area contributed by atoms with Gasteiger partial charge in [-0.2, -0.15) is 0 Å². The quantitative estimate of drug-likeness (QED) is 0.528. The average molecular weight is 321 g/mol. The van der Waals surface area contributed by atoms with E-state index in [2.05, 4.69) is 0 Å².